The van der Waals surface area contributed by atoms with Crippen molar-refractivity contribution in [2.24, 2.45) is 5.92 Å². The van der Waals surface area contributed by atoms with Crippen LogP contribution in [0.5, 0.6) is 0 Å². The number of hydrogen-bond acceptors (Lipinski definition) is 4. The number of hydrogen-bond donors (Lipinski definition) is 1. The number of nitrogens with zero attached hydrogens (tertiary/aromatic N) is 2. The van der Waals surface area contributed by atoms with Gasteiger partial charge in [-0.15, -0.1) is 0 Å². The summed E-state index contributed by atoms with van der Waals surface area (Å²) in [5, 5.41) is 13.1. The van der Waals surface area contributed by atoms with Crippen molar-refractivity contribution < 1.29 is 14.4 Å². The molecule has 1 aromatic heterocycles. The van der Waals surface area contributed by atoms with Crippen molar-refractivity contribution in [2.75, 3.05) is 13.2 Å². The number of aromatic nitrogens is 1. The number of amides is 1. The number of carbonyl (C=O) groups is 1. The van der Waals surface area contributed by atoms with Gasteiger partial charge in [0.05, 0.1) is 18.3 Å². The van der Waals surface area contributed by atoms with Crippen molar-refractivity contribution in [3.8, 4) is 0 Å². The molecular formula is C12H18N2O3. The molecule has 0 spiro atoms. The summed E-state index contributed by atoms with van der Waals surface area (Å²) >= 11 is 0. The van der Waals surface area contributed by atoms with Crippen molar-refractivity contribution in [3.05, 3.63) is 17.5 Å². The summed E-state index contributed by atoms with van der Waals surface area (Å²) in [5.74, 6) is 0.410. The van der Waals surface area contributed by atoms with Crippen molar-refractivity contribution in [1.82, 2.24) is 10.1 Å². The highest BCUT2D eigenvalue weighted by Crippen LogP contribution is 2.24. The zero-order valence-electron chi connectivity index (χ0n) is 10.2. The number of aryl methyl sites for hydroxylation is 1. The summed E-state index contributed by atoms with van der Waals surface area (Å²) < 4.78 is 4.98. The Morgan fingerprint density at radius 2 is 2.47 bits per heavy atom. The monoisotopic (exact) mass is 238 g/mol. The molecular weight excluding hydrogens is 220 g/mol. The van der Waals surface area contributed by atoms with E-state index in [0.717, 1.165) is 12.8 Å². The third kappa shape index (κ3) is 2.34. The second kappa shape index (κ2) is 4.87. The minimum atomic E-state index is -0.170. The van der Waals surface area contributed by atoms with Crippen LogP contribution >= 0.6 is 0 Å². The smallest absolute Gasteiger partial charge is 0.292 e. The largest absolute Gasteiger partial charge is 0.394 e. The van der Waals surface area contributed by atoms with Gasteiger partial charge in [0.25, 0.3) is 5.91 Å². The Bertz CT molecular complexity index is 402. The molecule has 0 aliphatic carbocycles. The van der Waals surface area contributed by atoms with E-state index in [1.807, 2.05) is 0 Å². The first-order valence-corrected chi connectivity index (χ1v) is 5.98. The Balaban J connectivity index is 2.17. The van der Waals surface area contributed by atoms with Crippen LogP contribution in [0, 0.1) is 12.8 Å². The maximum Gasteiger partial charge on any atom is 0.292 e. The lowest BCUT2D eigenvalue weighted by atomic mass is 9.91. The molecule has 1 N–H and O–H groups in total. The Morgan fingerprint density at radius 3 is 3.06 bits per heavy atom. The predicted octanol–water partition coefficient (Wildman–Crippen LogP) is 1.22. The molecule has 1 saturated heterocycles. The van der Waals surface area contributed by atoms with Crippen LogP contribution in [0.4, 0.5) is 0 Å². The molecule has 1 aromatic rings. The fourth-order valence-corrected chi connectivity index (χ4v) is 2.39. The van der Waals surface area contributed by atoms with E-state index in [9.17, 15) is 9.90 Å². The van der Waals surface area contributed by atoms with Gasteiger partial charge in [0.2, 0.25) is 5.76 Å². The Kier molecular flexibility index (Phi) is 3.47. The van der Waals surface area contributed by atoms with Crippen LogP contribution < -0.4 is 0 Å². The summed E-state index contributed by atoms with van der Waals surface area (Å²) in [4.78, 5) is 13.9. The molecule has 2 atom stereocenters. The Hall–Kier alpha value is -1.36. The number of aliphatic hydroxyl groups is 1. The summed E-state index contributed by atoms with van der Waals surface area (Å²) in [6.07, 6.45) is 2.01. The van der Waals surface area contributed by atoms with E-state index in [1.54, 1.807) is 17.9 Å². The van der Waals surface area contributed by atoms with Crippen LogP contribution in [-0.4, -0.2) is 40.3 Å². The molecule has 5 heteroatoms. The highest BCUT2D eigenvalue weighted by molar-refractivity contribution is 5.91. The van der Waals surface area contributed by atoms with Gasteiger partial charge in [0, 0.05) is 12.6 Å². The van der Waals surface area contributed by atoms with Crippen molar-refractivity contribution >= 4 is 5.91 Å². The van der Waals surface area contributed by atoms with Crippen LogP contribution in [0.25, 0.3) is 0 Å². The molecule has 2 unspecified atom stereocenters. The lowest BCUT2D eigenvalue weighted by molar-refractivity contribution is 0.0324. The predicted molar refractivity (Wildman–Crippen MR) is 61.5 cm³/mol. The highest BCUT2D eigenvalue weighted by Gasteiger charge is 2.33. The minimum Gasteiger partial charge on any atom is -0.394 e. The molecule has 1 aliphatic heterocycles. The Morgan fingerprint density at radius 1 is 1.71 bits per heavy atom. The maximum absolute atomic E-state index is 12.2. The van der Waals surface area contributed by atoms with Crippen molar-refractivity contribution in [1.29, 1.82) is 0 Å². The molecule has 0 bridgehead atoms. The van der Waals surface area contributed by atoms with Crippen molar-refractivity contribution in [3.63, 3.8) is 0 Å². The van der Waals surface area contributed by atoms with Gasteiger partial charge in [-0.05, 0) is 25.7 Å². The normalized spacial score (nSPS) is 25.0. The molecule has 1 fully saturated rings. The number of likely N-dealkylation sites (tertiary alicyclic amines) is 1. The molecule has 1 aliphatic rings. The van der Waals surface area contributed by atoms with Crippen LogP contribution in [0.3, 0.4) is 0 Å². The molecule has 17 heavy (non-hydrogen) atoms. The van der Waals surface area contributed by atoms with Gasteiger partial charge in [-0.25, -0.2) is 0 Å². The molecule has 0 radical (unpaired) electrons. The number of rotatable bonds is 2. The average molecular weight is 238 g/mol. The van der Waals surface area contributed by atoms with E-state index in [2.05, 4.69) is 12.1 Å². The second-order valence-corrected chi connectivity index (χ2v) is 4.70. The third-order valence-corrected chi connectivity index (χ3v) is 3.40. The van der Waals surface area contributed by atoms with Gasteiger partial charge >= 0.3 is 0 Å². The molecule has 0 saturated carbocycles. The van der Waals surface area contributed by atoms with Gasteiger partial charge in [-0.1, -0.05) is 12.1 Å². The standard InChI is InChI=1S/C12H18N2O3/c1-8-4-3-5-14(10(8)7-15)12(16)11-6-9(2)13-17-11/h6,8,10,15H,3-5,7H2,1-2H3. The van der Waals surface area contributed by atoms with E-state index < -0.39 is 0 Å². The maximum atomic E-state index is 12.2. The second-order valence-electron chi connectivity index (χ2n) is 4.70. The van der Waals surface area contributed by atoms with Gasteiger partial charge in [0.15, 0.2) is 0 Å². The van der Waals surface area contributed by atoms with Crippen LogP contribution in [0.15, 0.2) is 10.6 Å². The minimum absolute atomic E-state index is 0.0000257. The fourth-order valence-electron chi connectivity index (χ4n) is 2.39. The first kappa shape index (κ1) is 12.1. The van der Waals surface area contributed by atoms with Gasteiger partial charge in [-0.2, -0.15) is 0 Å². The Labute approximate surface area is 100 Å². The van der Waals surface area contributed by atoms with Crippen LogP contribution in [0.1, 0.15) is 36.0 Å². The van der Waals surface area contributed by atoms with Gasteiger partial charge < -0.3 is 14.5 Å². The molecule has 94 valence electrons. The molecule has 2 heterocycles. The van der Waals surface area contributed by atoms with Crippen molar-refractivity contribution in [2.45, 2.75) is 32.7 Å². The first-order valence-electron chi connectivity index (χ1n) is 5.98. The lowest BCUT2D eigenvalue weighted by Crippen LogP contribution is -2.49. The summed E-state index contributed by atoms with van der Waals surface area (Å²) in [5.41, 5.74) is 0.693. The number of aliphatic hydroxyl groups excluding tert-OH is 1. The van der Waals surface area contributed by atoms with Crippen LogP contribution in [-0.2, 0) is 0 Å². The van der Waals surface area contributed by atoms with Crippen LogP contribution in [0.2, 0.25) is 0 Å². The molecule has 2 rings (SSSR count). The first-order chi connectivity index (χ1) is 8.13. The summed E-state index contributed by atoms with van der Waals surface area (Å²) in [6, 6.07) is 1.53. The molecule has 5 nitrogen and oxygen atoms in total. The van der Waals surface area contributed by atoms with E-state index in [0.29, 0.717) is 18.2 Å². The quantitative estimate of drug-likeness (QED) is 0.841. The number of piperidine rings is 1. The average Bonchev–Trinajstić information content (AvgIpc) is 2.74. The molecule has 0 aromatic carbocycles. The zero-order chi connectivity index (χ0) is 12.4. The third-order valence-electron chi connectivity index (χ3n) is 3.40. The SMILES string of the molecule is Cc1cc(C(=O)N2CCCC(C)C2CO)on1. The number of carbonyl (C=O) groups excluding carboxylic acids is 1. The fraction of sp³-hybridized carbons (Fsp3) is 0.667. The van der Waals surface area contributed by atoms with E-state index in [-0.39, 0.29) is 24.3 Å². The molecule has 1 amide bonds. The zero-order valence-corrected chi connectivity index (χ0v) is 10.2. The van der Waals surface area contributed by atoms with E-state index >= 15 is 0 Å². The summed E-state index contributed by atoms with van der Waals surface area (Å²) in [7, 11) is 0. The van der Waals surface area contributed by atoms with E-state index in [4.69, 9.17) is 4.52 Å². The van der Waals surface area contributed by atoms with Gasteiger partial charge in [0.1, 0.15) is 0 Å². The van der Waals surface area contributed by atoms with E-state index in [1.165, 1.54) is 0 Å². The highest BCUT2D eigenvalue weighted by atomic mass is 16.5. The lowest BCUT2D eigenvalue weighted by Gasteiger charge is -2.38. The van der Waals surface area contributed by atoms with Gasteiger partial charge in [-0.3, -0.25) is 4.79 Å². The topological polar surface area (TPSA) is 66.6 Å². The summed E-state index contributed by atoms with van der Waals surface area (Å²) in [6.45, 7) is 4.52.